The Bertz CT molecular complexity index is 475. The maximum atomic E-state index is 11.6. The molecule has 0 heterocycles. The largest absolute Gasteiger partial charge is 0.462 e. The summed E-state index contributed by atoms with van der Waals surface area (Å²) in [6, 6.07) is 0. The van der Waals surface area contributed by atoms with Crippen LogP contribution < -0.4 is 0 Å². The van der Waals surface area contributed by atoms with Gasteiger partial charge in [-0.3, -0.25) is 0 Å². The summed E-state index contributed by atoms with van der Waals surface area (Å²) in [4.78, 5) is 11.6. The number of esters is 1. The van der Waals surface area contributed by atoms with Crippen LogP contribution in [0.3, 0.4) is 0 Å². The highest BCUT2D eigenvalue weighted by Gasteiger charge is 2.53. The molecule has 2 aliphatic carbocycles. The Morgan fingerprint density at radius 3 is 2.18 bits per heavy atom. The van der Waals surface area contributed by atoms with E-state index in [4.69, 9.17) is 9.47 Å². The summed E-state index contributed by atoms with van der Waals surface area (Å²) in [5.41, 5.74) is 0.442. The molecule has 162 valence electrons. The number of aliphatic hydroxyl groups excluding tert-OH is 1. The molecule has 5 atom stereocenters. The van der Waals surface area contributed by atoms with Gasteiger partial charge in [-0.2, -0.15) is 0 Å². The number of hydrogen-bond donors (Lipinski definition) is 1. The lowest BCUT2D eigenvalue weighted by atomic mass is 9.85. The standard InChI is InChI=1S/C24H42O4/c1-4-5-6-7-8-9-10-11-12-13-14-27-23-21-16-19(22(23)25)15-20(21)17-28-24(26)18(2)3/h19-23,25H,2,4-17H2,1,3H3. The topological polar surface area (TPSA) is 55.8 Å². The average molecular weight is 395 g/mol. The maximum absolute atomic E-state index is 11.6. The monoisotopic (exact) mass is 394 g/mol. The van der Waals surface area contributed by atoms with E-state index in [0.29, 0.717) is 29.9 Å². The zero-order valence-electron chi connectivity index (χ0n) is 18.2. The molecule has 2 rings (SSSR count). The van der Waals surface area contributed by atoms with Crippen LogP contribution in [0.5, 0.6) is 0 Å². The Balaban J connectivity index is 1.54. The van der Waals surface area contributed by atoms with Crippen molar-refractivity contribution >= 4 is 5.97 Å². The van der Waals surface area contributed by atoms with Crippen molar-refractivity contribution < 1.29 is 19.4 Å². The Labute approximate surface area is 172 Å². The van der Waals surface area contributed by atoms with Crippen molar-refractivity contribution in [2.45, 2.75) is 103 Å². The first kappa shape index (κ1) is 23.4. The average Bonchev–Trinajstić information content (AvgIpc) is 3.22. The van der Waals surface area contributed by atoms with E-state index in [0.717, 1.165) is 25.9 Å². The second kappa shape index (κ2) is 12.6. The smallest absolute Gasteiger partial charge is 0.333 e. The number of hydrogen-bond acceptors (Lipinski definition) is 4. The first-order valence-corrected chi connectivity index (χ1v) is 11.7. The number of carbonyl (C=O) groups excluding carboxylic acids is 1. The van der Waals surface area contributed by atoms with Crippen LogP contribution in [0.15, 0.2) is 12.2 Å². The zero-order valence-corrected chi connectivity index (χ0v) is 18.2. The fraction of sp³-hybridized carbons (Fsp3) is 0.875. The summed E-state index contributed by atoms with van der Waals surface area (Å²) < 4.78 is 11.5. The highest BCUT2D eigenvalue weighted by Crippen LogP contribution is 2.50. The number of rotatable bonds is 15. The number of carbonyl (C=O) groups is 1. The molecule has 0 radical (unpaired) electrons. The number of unbranched alkanes of at least 4 members (excludes halogenated alkanes) is 9. The van der Waals surface area contributed by atoms with E-state index in [9.17, 15) is 9.90 Å². The van der Waals surface area contributed by atoms with E-state index in [1.165, 1.54) is 57.8 Å². The lowest BCUT2D eigenvalue weighted by Crippen LogP contribution is -2.40. The molecular formula is C24H42O4. The van der Waals surface area contributed by atoms with Crippen LogP contribution in [0.4, 0.5) is 0 Å². The summed E-state index contributed by atoms with van der Waals surface area (Å²) in [6.45, 7) is 8.73. The van der Waals surface area contributed by atoms with Crippen LogP contribution in [0, 0.1) is 17.8 Å². The molecule has 2 aliphatic rings. The third-order valence-corrected chi connectivity index (χ3v) is 6.61. The first-order valence-electron chi connectivity index (χ1n) is 11.7. The van der Waals surface area contributed by atoms with Crippen molar-refractivity contribution in [3.05, 3.63) is 12.2 Å². The molecule has 0 aromatic heterocycles. The van der Waals surface area contributed by atoms with Crippen LogP contribution in [0.25, 0.3) is 0 Å². The predicted octanol–water partition coefficient (Wildman–Crippen LogP) is 5.43. The van der Waals surface area contributed by atoms with Crippen LogP contribution in [0.1, 0.15) is 90.9 Å². The third kappa shape index (κ3) is 7.18. The molecule has 2 saturated carbocycles. The highest BCUT2D eigenvalue weighted by molar-refractivity contribution is 5.86. The molecule has 2 fully saturated rings. The lowest BCUT2D eigenvalue weighted by molar-refractivity contribution is -0.143. The minimum atomic E-state index is -0.346. The third-order valence-electron chi connectivity index (χ3n) is 6.61. The Morgan fingerprint density at radius 2 is 1.61 bits per heavy atom. The molecule has 28 heavy (non-hydrogen) atoms. The van der Waals surface area contributed by atoms with E-state index < -0.39 is 0 Å². The predicted molar refractivity (Wildman–Crippen MR) is 113 cm³/mol. The van der Waals surface area contributed by atoms with Gasteiger partial charge >= 0.3 is 5.97 Å². The quantitative estimate of drug-likeness (QED) is 0.229. The molecule has 0 amide bonds. The van der Waals surface area contributed by atoms with Gasteiger partial charge in [-0.25, -0.2) is 4.79 Å². The molecule has 1 N–H and O–H groups in total. The van der Waals surface area contributed by atoms with Crippen molar-refractivity contribution in [3.8, 4) is 0 Å². The summed E-state index contributed by atoms with van der Waals surface area (Å²) in [6.07, 6.45) is 14.6. The van der Waals surface area contributed by atoms with Crippen LogP contribution in [-0.2, 0) is 14.3 Å². The van der Waals surface area contributed by atoms with Gasteiger partial charge in [0.15, 0.2) is 0 Å². The first-order chi connectivity index (χ1) is 13.5. The number of aliphatic hydroxyl groups is 1. The molecule has 0 saturated heterocycles. The summed E-state index contributed by atoms with van der Waals surface area (Å²) >= 11 is 0. The van der Waals surface area contributed by atoms with Crippen molar-refractivity contribution in [3.63, 3.8) is 0 Å². The van der Waals surface area contributed by atoms with Gasteiger partial charge in [0.2, 0.25) is 0 Å². The molecule has 0 aromatic rings. The Kier molecular flexibility index (Phi) is 10.6. The van der Waals surface area contributed by atoms with E-state index in [1.807, 2.05) is 0 Å². The van der Waals surface area contributed by atoms with E-state index in [1.54, 1.807) is 6.92 Å². The van der Waals surface area contributed by atoms with Gasteiger partial charge in [0, 0.05) is 12.2 Å². The van der Waals surface area contributed by atoms with Crippen molar-refractivity contribution in [1.29, 1.82) is 0 Å². The van der Waals surface area contributed by atoms with Crippen LogP contribution in [0.2, 0.25) is 0 Å². The Hall–Kier alpha value is -0.870. The van der Waals surface area contributed by atoms with Crippen LogP contribution in [-0.4, -0.2) is 36.5 Å². The summed E-state index contributed by atoms with van der Waals surface area (Å²) in [5, 5.41) is 10.5. The van der Waals surface area contributed by atoms with Gasteiger partial charge in [-0.15, -0.1) is 0 Å². The second-order valence-corrected chi connectivity index (χ2v) is 9.04. The molecule has 2 bridgehead atoms. The maximum Gasteiger partial charge on any atom is 0.333 e. The van der Waals surface area contributed by atoms with Crippen molar-refractivity contribution in [2.75, 3.05) is 13.2 Å². The fourth-order valence-corrected chi connectivity index (χ4v) is 4.93. The number of fused-ring (bicyclic) bond motifs is 2. The normalized spacial score (nSPS) is 28.6. The van der Waals surface area contributed by atoms with Crippen molar-refractivity contribution in [1.82, 2.24) is 0 Å². The summed E-state index contributed by atoms with van der Waals surface area (Å²) in [7, 11) is 0. The fourth-order valence-electron chi connectivity index (χ4n) is 4.93. The minimum absolute atomic E-state index is 0.0779. The molecule has 4 nitrogen and oxygen atoms in total. The van der Waals surface area contributed by atoms with E-state index in [2.05, 4.69) is 13.5 Å². The van der Waals surface area contributed by atoms with Gasteiger partial charge in [0.25, 0.3) is 0 Å². The summed E-state index contributed by atoms with van der Waals surface area (Å²) in [5.74, 6) is 0.623. The SMILES string of the molecule is C=C(C)C(=O)OCC1CC2CC1C(OCCCCCCCCCCCC)C2O. The van der Waals surface area contributed by atoms with Gasteiger partial charge in [-0.1, -0.05) is 71.3 Å². The molecular weight excluding hydrogens is 352 g/mol. The second-order valence-electron chi connectivity index (χ2n) is 9.04. The van der Waals surface area contributed by atoms with Gasteiger partial charge in [0.1, 0.15) is 0 Å². The minimum Gasteiger partial charge on any atom is -0.462 e. The van der Waals surface area contributed by atoms with E-state index in [-0.39, 0.29) is 18.2 Å². The van der Waals surface area contributed by atoms with Gasteiger partial charge < -0.3 is 14.6 Å². The number of ether oxygens (including phenoxy) is 2. The highest BCUT2D eigenvalue weighted by atomic mass is 16.5. The molecule has 5 unspecified atom stereocenters. The molecule has 0 spiro atoms. The van der Waals surface area contributed by atoms with Crippen LogP contribution >= 0.6 is 0 Å². The molecule has 4 heteroatoms. The molecule has 0 aromatic carbocycles. The Morgan fingerprint density at radius 1 is 1.00 bits per heavy atom. The zero-order chi connectivity index (χ0) is 20.4. The van der Waals surface area contributed by atoms with Gasteiger partial charge in [0.05, 0.1) is 18.8 Å². The van der Waals surface area contributed by atoms with Gasteiger partial charge in [-0.05, 0) is 43.9 Å². The van der Waals surface area contributed by atoms with E-state index >= 15 is 0 Å². The molecule has 0 aliphatic heterocycles. The van der Waals surface area contributed by atoms with Crippen molar-refractivity contribution in [2.24, 2.45) is 17.8 Å². The lowest BCUT2D eigenvalue weighted by Gasteiger charge is -2.32.